The molecule has 0 spiro atoms. The van der Waals surface area contributed by atoms with Crippen LogP contribution in [-0.4, -0.2) is 11.8 Å². The van der Waals surface area contributed by atoms with Crippen LogP contribution < -0.4 is 11.1 Å². The molecule has 6 heteroatoms. The Hall–Kier alpha value is -1.85. The zero-order chi connectivity index (χ0) is 15.4. The second kappa shape index (κ2) is 6.74. The van der Waals surface area contributed by atoms with Crippen LogP contribution in [0.5, 0.6) is 0 Å². The zero-order valence-electron chi connectivity index (χ0n) is 10.9. The van der Waals surface area contributed by atoms with Crippen molar-refractivity contribution < 1.29 is 9.59 Å². The number of hydrogen-bond donors (Lipinski definition) is 2. The van der Waals surface area contributed by atoms with E-state index in [9.17, 15) is 9.59 Å². The number of primary amides is 1. The third kappa shape index (κ3) is 4.06. The number of rotatable bonds is 4. The molecule has 3 N–H and O–H groups in total. The largest absolute Gasteiger partial charge is 0.366 e. The number of halogens is 2. The molecule has 0 atom stereocenters. The van der Waals surface area contributed by atoms with Crippen molar-refractivity contribution in [3.05, 3.63) is 68.7 Å². The van der Waals surface area contributed by atoms with Gasteiger partial charge in [0.15, 0.2) is 0 Å². The van der Waals surface area contributed by atoms with Crippen LogP contribution in [0.15, 0.2) is 46.9 Å². The molecule has 0 aliphatic carbocycles. The van der Waals surface area contributed by atoms with E-state index in [0.717, 1.165) is 10.0 Å². The molecular formula is C15H12BrClN2O2. The number of benzene rings is 2. The predicted octanol–water partition coefficient (Wildman–Crippen LogP) is 3.13. The Morgan fingerprint density at radius 3 is 2.67 bits per heavy atom. The van der Waals surface area contributed by atoms with E-state index in [0.29, 0.717) is 16.1 Å². The fraction of sp³-hybridized carbons (Fsp3) is 0.0667. The van der Waals surface area contributed by atoms with Crippen LogP contribution in [0.1, 0.15) is 26.3 Å². The Balaban J connectivity index is 2.09. The number of amides is 2. The van der Waals surface area contributed by atoms with E-state index in [-0.39, 0.29) is 12.5 Å². The Morgan fingerprint density at radius 2 is 1.95 bits per heavy atom. The lowest BCUT2D eigenvalue weighted by Crippen LogP contribution is -2.23. The summed E-state index contributed by atoms with van der Waals surface area (Å²) in [6, 6.07) is 11.8. The highest BCUT2D eigenvalue weighted by Gasteiger charge is 2.11. The molecule has 0 saturated carbocycles. The molecular weight excluding hydrogens is 356 g/mol. The van der Waals surface area contributed by atoms with E-state index in [4.69, 9.17) is 17.3 Å². The molecule has 0 aliphatic rings. The molecule has 0 radical (unpaired) electrons. The first-order chi connectivity index (χ1) is 9.97. The topological polar surface area (TPSA) is 72.2 Å². The maximum atomic E-state index is 12.1. The quantitative estimate of drug-likeness (QED) is 0.871. The molecule has 0 aromatic heterocycles. The summed E-state index contributed by atoms with van der Waals surface area (Å²) in [7, 11) is 0. The van der Waals surface area contributed by atoms with Gasteiger partial charge in [-0.3, -0.25) is 9.59 Å². The second-order valence-corrected chi connectivity index (χ2v) is 5.69. The van der Waals surface area contributed by atoms with Crippen molar-refractivity contribution in [1.29, 1.82) is 0 Å². The lowest BCUT2D eigenvalue weighted by Gasteiger charge is -2.08. The first-order valence-corrected chi connectivity index (χ1v) is 7.26. The van der Waals surface area contributed by atoms with Crippen molar-refractivity contribution in [3.8, 4) is 0 Å². The third-order valence-corrected chi connectivity index (χ3v) is 3.66. The van der Waals surface area contributed by atoms with Gasteiger partial charge in [-0.25, -0.2) is 0 Å². The highest BCUT2D eigenvalue weighted by molar-refractivity contribution is 9.10. The number of carbonyl (C=O) groups excluding carboxylic acids is 2. The number of hydrogen-bond acceptors (Lipinski definition) is 2. The minimum absolute atomic E-state index is 0.281. The zero-order valence-corrected chi connectivity index (χ0v) is 13.2. The minimum atomic E-state index is -0.502. The van der Waals surface area contributed by atoms with E-state index in [1.54, 1.807) is 42.5 Å². The van der Waals surface area contributed by atoms with Gasteiger partial charge in [-0.2, -0.15) is 0 Å². The van der Waals surface area contributed by atoms with Crippen molar-refractivity contribution in [2.24, 2.45) is 5.73 Å². The Morgan fingerprint density at radius 1 is 1.19 bits per heavy atom. The van der Waals surface area contributed by atoms with E-state index >= 15 is 0 Å². The van der Waals surface area contributed by atoms with Crippen LogP contribution in [0.3, 0.4) is 0 Å². The number of nitrogens with one attached hydrogen (secondary N) is 1. The van der Waals surface area contributed by atoms with Crippen molar-refractivity contribution in [2.45, 2.75) is 6.54 Å². The highest BCUT2D eigenvalue weighted by Crippen LogP contribution is 2.21. The monoisotopic (exact) mass is 366 g/mol. The lowest BCUT2D eigenvalue weighted by atomic mass is 10.1. The molecule has 0 fully saturated rings. The average molecular weight is 368 g/mol. The summed E-state index contributed by atoms with van der Waals surface area (Å²) >= 11 is 9.29. The number of carbonyl (C=O) groups is 2. The Kier molecular flexibility index (Phi) is 4.98. The van der Waals surface area contributed by atoms with E-state index in [1.807, 2.05) is 0 Å². The first kappa shape index (κ1) is 15.5. The summed E-state index contributed by atoms with van der Waals surface area (Å²) in [5.41, 5.74) is 6.79. The molecule has 0 saturated heterocycles. The first-order valence-electron chi connectivity index (χ1n) is 6.09. The smallest absolute Gasteiger partial charge is 0.253 e. The minimum Gasteiger partial charge on any atom is -0.366 e. The van der Waals surface area contributed by atoms with E-state index in [1.165, 1.54) is 0 Å². The molecule has 2 amide bonds. The Bertz CT molecular complexity index is 704. The van der Waals surface area contributed by atoms with Crippen molar-refractivity contribution in [3.63, 3.8) is 0 Å². The van der Waals surface area contributed by atoms with Gasteiger partial charge in [-0.05, 0) is 35.9 Å². The maximum Gasteiger partial charge on any atom is 0.253 e. The van der Waals surface area contributed by atoms with Crippen molar-refractivity contribution in [2.75, 3.05) is 0 Å². The predicted molar refractivity (Wildman–Crippen MR) is 85.3 cm³/mol. The van der Waals surface area contributed by atoms with Gasteiger partial charge in [0.25, 0.3) is 5.91 Å². The fourth-order valence-electron chi connectivity index (χ4n) is 1.78. The summed E-state index contributed by atoms with van der Waals surface area (Å²) in [5.74, 6) is -0.788. The Labute approximate surface area is 135 Å². The molecule has 108 valence electrons. The van der Waals surface area contributed by atoms with Gasteiger partial charge in [0.05, 0.1) is 10.6 Å². The van der Waals surface area contributed by atoms with E-state index < -0.39 is 5.91 Å². The van der Waals surface area contributed by atoms with E-state index in [2.05, 4.69) is 21.2 Å². The standard InChI is InChI=1S/C15H12BrClN2O2/c16-11-4-5-13(17)12(7-11)15(21)19-8-9-2-1-3-10(6-9)14(18)20/h1-7H,8H2,(H2,18,20)(H,19,21). The van der Waals surface area contributed by atoms with Gasteiger partial charge < -0.3 is 11.1 Å². The molecule has 0 heterocycles. The van der Waals surface area contributed by atoms with Crippen LogP contribution in [-0.2, 0) is 6.54 Å². The molecule has 2 aromatic carbocycles. The molecule has 2 aromatic rings. The van der Waals surface area contributed by atoms with Gasteiger partial charge in [0, 0.05) is 16.6 Å². The number of nitrogens with two attached hydrogens (primary N) is 1. The molecule has 0 bridgehead atoms. The van der Waals surface area contributed by atoms with Gasteiger partial charge >= 0.3 is 0 Å². The maximum absolute atomic E-state index is 12.1. The SMILES string of the molecule is NC(=O)c1cccc(CNC(=O)c2cc(Br)ccc2Cl)c1. The second-order valence-electron chi connectivity index (χ2n) is 4.37. The van der Waals surface area contributed by atoms with Crippen molar-refractivity contribution in [1.82, 2.24) is 5.32 Å². The van der Waals surface area contributed by atoms with Gasteiger partial charge in [0.2, 0.25) is 5.91 Å². The van der Waals surface area contributed by atoms with Gasteiger partial charge in [-0.1, -0.05) is 39.7 Å². The molecule has 0 aliphatic heterocycles. The van der Waals surface area contributed by atoms with Gasteiger partial charge in [0.1, 0.15) is 0 Å². The molecule has 4 nitrogen and oxygen atoms in total. The van der Waals surface area contributed by atoms with Gasteiger partial charge in [-0.15, -0.1) is 0 Å². The van der Waals surface area contributed by atoms with Crippen LogP contribution in [0, 0.1) is 0 Å². The third-order valence-electron chi connectivity index (χ3n) is 2.84. The lowest BCUT2D eigenvalue weighted by molar-refractivity contribution is 0.0950. The molecule has 0 unspecified atom stereocenters. The summed E-state index contributed by atoms with van der Waals surface area (Å²) in [6.45, 7) is 0.281. The molecule has 21 heavy (non-hydrogen) atoms. The normalized spacial score (nSPS) is 10.2. The summed E-state index contributed by atoms with van der Waals surface area (Å²) < 4.78 is 0.771. The summed E-state index contributed by atoms with van der Waals surface area (Å²) in [6.07, 6.45) is 0. The fourth-order valence-corrected chi connectivity index (χ4v) is 2.35. The highest BCUT2D eigenvalue weighted by atomic mass is 79.9. The molecule has 2 rings (SSSR count). The average Bonchev–Trinajstić information content (AvgIpc) is 2.47. The van der Waals surface area contributed by atoms with Crippen LogP contribution in [0.4, 0.5) is 0 Å². The van der Waals surface area contributed by atoms with Crippen LogP contribution in [0.2, 0.25) is 5.02 Å². The summed E-state index contributed by atoms with van der Waals surface area (Å²) in [4.78, 5) is 23.2. The van der Waals surface area contributed by atoms with Crippen LogP contribution in [0.25, 0.3) is 0 Å². The van der Waals surface area contributed by atoms with Crippen molar-refractivity contribution >= 4 is 39.3 Å². The van der Waals surface area contributed by atoms with Crippen LogP contribution >= 0.6 is 27.5 Å². The summed E-state index contributed by atoms with van der Waals surface area (Å²) in [5, 5.41) is 3.13.